The molecule has 3 heterocycles. The van der Waals surface area contributed by atoms with E-state index in [1.807, 2.05) is 26.0 Å². The number of aryl methyl sites for hydroxylation is 2. The second kappa shape index (κ2) is 7.42. The van der Waals surface area contributed by atoms with Crippen LogP contribution in [0, 0.1) is 19.8 Å². The Morgan fingerprint density at radius 3 is 2.79 bits per heavy atom. The van der Waals surface area contributed by atoms with Gasteiger partial charge in [-0.05, 0) is 43.5 Å². The largest absolute Gasteiger partial charge is 0.495 e. The van der Waals surface area contributed by atoms with E-state index in [0.717, 1.165) is 34.6 Å². The third kappa shape index (κ3) is 3.74. The number of nitrogens with one attached hydrogen (secondary N) is 1. The molecule has 0 amide bonds. The molecule has 0 radical (unpaired) electrons. The van der Waals surface area contributed by atoms with Crippen LogP contribution >= 0.6 is 0 Å². The first kappa shape index (κ1) is 18.2. The van der Waals surface area contributed by atoms with Crippen LogP contribution in [0.2, 0.25) is 0 Å². The average molecular weight is 378 g/mol. The lowest BCUT2D eigenvalue weighted by molar-refractivity contribution is 0.285. The molecule has 7 nitrogen and oxygen atoms in total. The summed E-state index contributed by atoms with van der Waals surface area (Å²) >= 11 is 0. The van der Waals surface area contributed by atoms with Gasteiger partial charge in [0.25, 0.3) is 0 Å². The minimum Gasteiger partial charge on any atom is -0.495 e. The van der Waals surface area contributed by atoms with Gasteiger partial charge in [0.2, 0.25) is 11.4 Å². The highest BCUT2D eigenvalue weighted by atomic mass is 16.5. The molecule has 1 fully saturated rings. The number of nitrogens with zero attached hydrogens (tertiary/aromatic N) is 3. The summed E-state index contributed by atoms with van der Waals surface area (Å²) in [5, 5.41) is 0. The fraction of sp³-hybridized carbons (Fsp3) is 0.333. The molecule has 0 spiro atoms. The summed E-state index contributed by atoms with van der Waals surface area (Å²) in [6.45, 7) is 4.30. The summed E-state index contributed by atoms with van der Waals surface area (Å²) in [4.78, 5) is 27.7. The lowest BCUT2D eigenvalue weighted by atomic mass is 10.1. The van der Waals surface area contributed by atoms with Crippen LogP contribution in [0.15, 0.2) is 41.6 Å². The fourth-order valence-corrected chi connectivity index (χ4v) is 3.29. The molecule has 0 saturated heterocycles. The van der Waals surface area contributed by atoms with E-state index < -0.39 is 0 Å². The Hall–Kier alpha value is -3.22. The Morgan fingerprint density at radius 2 is 2.04 bits per heavy atom. The van der Waals surface area contributed by atoms with Crippen molar-refractivity contribution in [3.63, 3.8) is 0 Å². The molecule has 0 aromatic carbocycles. The van der Waals surface area contributed by atoms with Gasteiger partial charge in [-0.25, -0.2) is 4.98 Å². The summed E-state index contributed by atoms with van der Waals surface area (Å²) in [7, 11) is 1.63. The normalized spacial score (nSPS) is 18.0. The molecule has 1 aliphatic rings. The number of hydrogen-bond acceptors (Lipinski definition) is 6. The van der Waals surface area contributed by atoms with Crippen molar-refractivity contribution < 1.29 is 9.47 Å². The number of hydrogen-bond donors (Lipinski definition) is 1. The minimum atomic E-state index is -0.167. The van der Waals surface area contributed by atoms with Gasteiger partial charge in [-0.1, -0.05) is 0 Å². The molecule has 0 unspecified atom stereocenters. The molecule has 0 aliphatic heterocycles. The van der Waals surface area contributed by atoms with Crippen molar-refractivity contribution in [2.75, 3.05) is 13.7 Å². The maximum absolute atomic E-state index is 11.8. The van der Waals surface area contributed by atoms with E-state index >= 15 is 0 Å². The molecule has 28 heavy (non-hydrogen) atoms. The Labute approximate surface area is 162 Å². The van der Waals surface area contributed by atoms with Crippen LogP contribution in [0.3, 0.4) is 0 Å². The zero-order chi connectivity index (χ0) is 19.7. The van der Waals surface area contributed by atoms with Crippen molar-refractivity contribution in [3.8, 4) is 22.8 Å². The van der Waals surface area contributed by atoms with Gasteiger partial charge in [0.15, 0.2) is 0 Å². The Balaban J connectivity index is 1.50. The number of H-pyrrole nitrogens is 1. The summed E-state index contributed by atoms with van der Waals surface area (Å²) in [5.74, 6) is 2.68. The van der Waals surface area contributed by atoms with Crippen molar-refractivity contribution in [2.45, 2.75) is 26.2 Å². The Morgan fingerprint density at radius 1 is 1.18 bits per heavy atom. The first-order chi connectivity index (χ1) is 13.5. The number of aromatic amines is 1. The second-order valence-corrected chi connectivity index (χ2v) is 7.07. The molecule has 2 atom stereocenters. The predicted octanol–water partition coefficient (Wildman–Crippen LogP) is 3.03. The summed E-state index contributed by atoms with van der Waals surface area (Å²) in [6, 6.07) is 5.49. The number of pyridine rings is 2. The molecule has 7 heteroatoms. The molecular weight excluding hydrogens is 356 g/mol. The van der Waals surface area contributed by atoms with E-state index in [2.05, 4.69) is 19.9 Å². The van der Waals surface area contributed by atoms with Crippen molar-refractivity contribution in [3.05, 3.63) is 64.2 Å². The number of methoxy groups -OCH3 is 1. The van der Waals surface area contributed by atoms with Gasteiger partial charge >= 0.3 is 0 Å². The van der Waals surface area contributed by atoms with Crippen molar-refractivity contribution in [1.29, 1.82) is 0 Å². The topological polar surface area (TPSA) is 90.0 Å². The van der Waals surface area contributed by atoms with Gasteiger partial charge in [-0.2, -0.15) is 4.98 Å². The first-order valence-electron chi connectivity index (χ1n) is 9.21. The molecule has 0 bridgehead atoms. The highest BCUT2D eigenvalue weighted by Gasteiger charge is 2.40. The minimum absolute atomic E-state index is 0.167. The van der Waals surface area contributed by atoms with Crippen LogP contribution in [0.1, 0.15) is 29.4 Å². The molecule has 1 saturated carbocycles. The zero-order valence-electron chi connectivity index (χ0n) is 16.1. The quantitative estimate of drug-likeness (QED) is 0.709. The van der Waals surface area contributed by atoms with Gasteiger partial charge in [0.1, 0.15) is 11.6 Å². The van der Waals surface area contributed by atoms with Gasteiger partial charge in [0.05, 0.1) is 25.5 Å². The summed E-state index contributed by atoms with van der Waals surface area (Å²) in [6.07, 6.45) is 6.18. The maximum Gasteiger partial charge on any atom is 0.248 e. The van der Waals surface area contributed by atoms with Crippen molar-refractivity contribution in [1.82, 2.24) is 19.9 Å². The number of rotatable bonds is 6. The summed E-state index contributed by atoms with van der Waals surface area (Å²) < 4.78 is 11.2. The SMILES string of the molecule is COc1ccc([C@H]2C[C@@H]2COc2nc(C)ncc2-c2cc(=O)[nH]cc2C)nc1. The average Bonchev–Trinajstić information content (AvgIpc) is 3.48. The van der Waals surface area contributed by atoms with E-state index in [1.165, 1.54) is 0 Å². The van der Waals surface area contributed by atoms with Gasteiger partial charge in [-0.15, -0.1) is 0 Å². The standard InChI is InChI=1S/C21H22N4O3/c1-12-8-24-20(26)7-16(12)18-10-22-13(2)25-21(18)28-11-14-6-17(14)19-5-4-15(27-3)9-23-19/h4-5,7-10,14,17H,6,11H2,1-3H3,(H,24,26)/t14-,17+/m1/s1. The highest BCUT2D eigenvalue weighted by molar-refractivity contribution is 5.70. The maximum atomic E-state index is 11.8. The Kier molecular flexibility index (Phi) is 4.81. The molecule has 3 aromatic rings. The van der Waals surface area contributed by atoms with Gasteiger partial charge in [-0.3, -0.25) is 9.78 Å². The second-order valence-electron chi connectivity index (χ2n) is 7.07. The molecule has 3 aromatic heterocycles. The van der Waals surface area contributed by atoms with Gasteiger partial charge in [0, 0.05) is 36.0 Å². The third-order valence-electron chi connectivity index (χ3n) is 5.03. The summed E-state index contributed by atoms with van der Waals surface area (Å²) in [5.41, 5.74) is 3.33. The molecule has 1 aliphatic carbocycles. The van der Waals surface area contributed by atoms with E-state index in [1.54, 1.807) is 31.8 Å². The van der Waals surface area contributed by atoms with Crippen LogP contribution in [0.25, 0.3) is 11.1 Å². The van der Waals surface area contributed by atoms with Crippen LogP contribution < -0.4 is 15.0 Å². The van der Waals surface area contributed by atoms with E-state index in [9.17, 15) is 4.79 Å². The van der Waals surface area contributed by atoms with E-state index in [0.29, 0.717) is 30.1 Å². The van der Waals surface area contributed by atoms with Crippen LogP contribution in [-0.4, -0.2) is 33.7 Å². The predicted molar refractivity (Wildman–Crippen MR) is 105 cm³/mol. The van der Waals surface area contributed by atoms with Crippen LogP contribution in [0.4, 0.5) is 0 Å². The first-order valence-corrected chi connectivity index (χ1v) is 9.21. The van der Waals surface area contributed by atoms with E-state index in [4.69, 9.17) is 9.47 Å². The lowest BCUT2D eigenvalue weighted by Gasteiger charge is -2.12. The highest BCUT2D eigenvalue weighted by Crippen LogP contribution is 2.47. The van der Waals surface area contributed by atoms with Crippen molar-refractivity contribution in [2.24, 2.45) is 5.92 Å². The number of ether oxygens (including phenoxy) is 2. The fourth-order valence-electron chi connectivity index (χ4n) is 3.29. The van der Waals surface area contributed by atoms with Gasteiger partial charge < -0.3 is 14.5 Å². The van der Waals surface area contributed by atoms with E-state index in [-0.39, 0.29) is 5.56 Å². The third-order valence-corrected chi connectivity index (χ3v) is 5.03. The van der Waals surface area contributed by atoms with Crippen LogP contribution in [0.5, 0.6) is 11.6 Å². The monoisotopic (exact) mass is 378 g/mol. The zero-order valence-corrected chi connectivity index (χ0v) is 16.1. The smallest absolute Gasteiger partial charge is 0.248 e. The number of aromatic nitrogens is 4. The molecule has 1 N–H and O–H groups in total. The lowest BCUT2D eigenvalue weighted by Crippen LogP contribution is -2.08. The van der Waals surface area contributed by atoms with Crippen LogP contribution in [-0.2, 0) is 0 Å². The van der Waals surface area contributed by atoms with Crippen molar-refractivity contribution >= 4 is 0 Å². The molecular formula is C21H22N4O3. The molecule has 144 valence electrons. The Bertz CT molecular complexity index is 1050. The molecule has 4 rings (SSSR count).